The van der Waals surface area contributed by atoms with Crippen LogP contribution in [0.4, 0.5) is 0 Å². The van der Waals surface area contributed by atoms with E-state index in [2.05, 4.69) is 10.3 Å². The molecule has 5 nitrogen and oxygen atoms in total. The second-order valence-electron chi connectivity index (χ2n) is 4.58. The van der Waals surface area contributed by atoms with E-state index in [1.807, 2.05) is 19.1 Å². The molecule has 3 N–H and O–H groups in total. The molecule has 1 aliphatic rings. The van der Waals surface area contributed by atoms with Crippen molar-refractivity contribution in [3.05, 3.63) is 30.1 Å². The van der Waals surface area contributed by atoms with Gasteiger partial charge < -0.3 is 15.8 Å². The molecule has 5 heteroatoms. The lowest BCUT2D eigenvalue weighted by Gasteiger charge is -2.17. The molecule has 1 saturated heterocycles. The van der Waals surface area contributed by atoms with Crippen LogP contribution in [0.2, 0.25) is 0 Å². The lowest BCUT2D eigenvalue weighted by molar-refractivity contribution is -0.132. The normalized spacial score (nSPS) is 24.8. The van der Waals surface area contributed by atoms with E-state index in [9.17, 15) is 4.79 Å². The Hall–Kier alpha value is -1.46. The summed E-state index contributed by atoms with van der Waals surface area (Å²) < 4.78 is 5.56. The zero-order valence-electron chi connectivity index (χ0n) is 10.5. The van der Waals surface area contributed by atoms with Gasteiger partial charge in [-0.3, -0.25) is 9.78 Å². The molecule has 0 bridgehead atoms. The molecule has 1 amide bonds. The van der Waals surface area contributed by atoms with Crippen LogP contribution in [0.5, 0.6) is 0 Å². The third-order valence-corrected chi connectivity index (χ3v) is 3.21. The topological polar surface area (TPSA) is 77.2 Å². The van der Waals surface area contributed by atoms with Crippen molar-refractivity contribution in [2.24, 2.45) is 5.73 Å². The summed E-state index contributed by atoms with van der Waals surface area (Å²) in [5.74, 6) is -0.0673. The highest BCUT2D eigenvalue weighted by Gasteiger charge is 2.30. The third-order valence-electron chi connectivity index (χ3n) is 3.21. The number of nitrogens with one attached hydrogen (secondary N) is 1. The molecule has 1 fully saturated rings. The fraction of sp³-hybridized carbons (Fsp3) is 0.538. The number of nitrogens with zero attached hydrogens (tertiary/aromatic N) is 1. The van der Waals surface area contributed by atoms with E-state index >= 15 is 0 Å². The van der Waals surface area contributed by atoms with E-state index in [0.717, 1.165) is 18.4 Å². The van der Waals surface area contributed by atoms with Gasteiger partial charge in [-0.15, -0.1) is 0 Å². The van der Waals surface area contributed by atoms with Crippen LogP contribution in [-0.4, -0.2) is 29.6 Å². The first-order valence-electron chi connectivity index (χ1n) is 6.26. The highest BCUT2D eigenvalue weighted by molar-refractivity contribution is 5.81. The van der Waals surface area contributed by atoms with Crippen molar-refractivity contribution in [3.8, 4) is 0 Å². The van der Waals surface area contributed by atoms with Crippen LogP contribution in [0.1, 0.15) is 31.4 Å². The molecule has 98 valence electrons. The predicted molar refractivity (Wildman–Crippen MR) is 67.7 cm³/mol. The number of carbonyl (C=O) groups excluding carboxylic acids is 1. The Labute approximate surface area is 107 Å². The number of pyridine rings is 1. The summed E-state index contributed by atoms with van der Waals surface area (Å²) in [7, 11) is 0. The Morgan fingerprint density at radius 1 is 1.67 bits per heavy atom. The summed E-state index contributed by atoms with van der Waals surface area (Å²) in [5.41, 5.74) is 6.51. The maximum atomic E-state index is 12.0. The first-order valence-corrected chi connectivity index (χ1v) is 6.26. The second kappa shape index (κ2) is 5.93. The maximum absolute atomic E-state index is 12.0. The van der Waals surface area contributed by atoms with Gasteiger partial charge in [0.25, 0.3) is 0 Å². The standard InChI is InChI=1S/C13H19N3O2/c1-9(10-3-2-6-15-8-10)16-13(17)12-5-4-11(7-14)18-12/h2-3,6,8-9,11-12H,4-5,7,14H2,1H3,(H,16,17)/t9-,11+,12-/m0/s1. The number of ether oxygens (including phenoxy) is 1. The second-order valence-corrected chi connectivity index (χ2v) is 4.58. The average Bonchev–Trinajstić information content (AvgIpc) is 2.88. The number of hydrogen-bond acceptors (Lipinski definition) is 4. The van der Waals surface area contributed by atoms with Crippen molar-refractivity contribution in [1.29, 1.82) is 0 Å². The van der Waals surface area contributed by atoms with Crippen LogP contribution in [0.25, 0.3) is 0 Å². The molecule has 0 radical (unpaired) electrons. The number of aromatic nitrogens is 1. The number of hydrogen-bond donors (Lipinski definition) is 2. The lowest BCUT2D eigenvalue weighted by atomic mass is 10.1. The van der Waals surface area contributed by atoms with Gasteiger partial charge in [0.2, 0.25) is 5.91 Å². The van der Waals surface area contributed by atoms with E-state index < -0.39 is 0 Å². The van der Waals surface area contributed by atoms with Crippen molar-refractivity contribution >= 4 is 5.91 Å². The lowest BCUT2D eigenvalue weighted by Crippen LogP contribution is -2.37. The van der Waals surface area contributed by atoms with Gasteiger partial charge in [-0.05, 0) is 31.4 Å². The molecule has 3 atom stereocenters. The van der Waals surface area contributed by atoms with E-state index in [4.69, 9.17) is 10.5 Å². The average molecular weight is 249 g/mol. The van der Waals surface area contributed by atoms with Gasteiger partial charge in [-0.1, -0.05) is 6.07 Å². The Balaban J connectivity index is 1.88. The van der Waals surface area contributed by atoms with Crippen molar-refractivity contribution in [1.82, 2.24) is 10.3 Å². The van der Waals surface area contributed by atoms with Crippen molar-refractivity contribution < 1.29 is 9.53 Å². The number of amides is 1. The van der Waals surface area contributed by atoms with Crippen molar-refractivity contribution in [3.63, 3.8) is 0 Å². The molecule has 1 aromatic rings. The van der Waals surface area contributed by atoms with Gasteiger partial charge in [0.15, 0.2) is 0 Å². The minimum Gasteiger partial charge on any atom is -0.364 e. The molecule has 0 saturated carbocycles. The van der Waals surface area contributed by atoms with Crippen LogP contribution < -0.4 is 11.1 Å². The summed E-state index contributed by atoms with van der Waals surface area (Å²) in [4.78, 5) is 16.0. The highest BCUT2D eigenvalue weighted by atomic mass is 16.5. The molecule has 1 aliphatic heterocycles. The predicted octanol–water partition coefficient (Wildman–Crippen LogP) is 0.765. The van der Waals surface area contributed by atoms with E-state index in [0.29, 0.717) is 6.54 Å². The monoisotopic (exact) mass is 249 g/mol. The van der Waals surface area contributed by atoms with Crippen LogP contribution in [0.15, 0.2) is 24.5 Å². The SMILES string of the molecule is C[C@H](NC(=O)[C@@H]1CC[C@H](CN)O1)c1cccnc1. The number of rotatable bonds is 4. The summed E-state index contributed by atoms with van der Waals surface area (Å²) in [6, 6.07) is 3.73. The number of carbonyl (C=O) groups is 1. The van der Waals surface area contributed by atoms with E-state index in [1.54, 1.807) is 12.4 Å². The van der Waals surface area contributed by atoms with Crippen molar-refractivity contribution in [2.45, 2.75) is 38.0 Å². The minimum atomic E-state index is -0.363. The van der Waals surface area contributed by atoms with Gasteiger partial charge in [0.1, 0.15) is 6.10 Å². The summed E-state index contributed by atoms with van der Waals surface area (Å²) in [5, 5.41) is 2.94. The molecule has 2 heterocycles. The minimum absolute atomic E-state index is 0.0226. The largest absolute Gasteiger partial charge is 0.364 e. The highest BCUT2D eigenvalue weighted by Crippen LogP contribution is 2.20. The summed E-state index contributed by atoms with van der Waals surface area (Å²) >= 11 is 0. The van der Waals surface area contributed by atoms with Gasteiger partial charge in [0.05, 0.1) is 12.1 Å². The molecule has 18 heavy (non-hydrogen) atoms. The third kappa shape index (κ3) is 3.05. The van der Waals surface area contributed by atoms with Gasteiger partial charge in [-0.25, -0.2) is 0 Å². The molecule has 0 aliphatic carbocycles. The maximum Gasteiger partial charge on any atom is 0.249 e. The Bertz CT molecular complexity index is 396. The first kappa shape index (κ1) is 13.0. The summed E-state index contributed by atoms with van der Waals surface area (Å²) in [6.07, 6.45) is 4.73. The number of nitrogens with two attached hydrogens (primary N) is 1. The zero-order chi connectivity index (χ0) is 13.0. The van der Waals surface area contributed by atoms with Gasteiger partial charge in [-0.2, -0.15) is 0 Å². The fourth-order valence-electron chi connectivity index (χ4n) is 2.09. The van der Waals surface area contributed by atoms with E-state index in [1.165, 1.54) is 0 Å². The molecule has 1 aromatic heterocycles. The van der Waals surface area contributed by atoms with Gasteiger partial charge in [0, 0.05) is 18.9 Å². The van der Waals surface area contributed by atoms with E-state index in [-0.39, 0.29) is 24.2 Å². The molecule has 0 spiro atoms. The molecular formula is C13H19N3O2. The van der Waals surface area contributed by atoms with Gasteiger partial charge >= 0.3 is 0 Å². The smallest absolute Gasteiger partial charge is 0.249 e. The quantitative estimate of drug-likeness (QED) is 0.826. The van der Waals surface area contributed by atoms with Crippen LogP contribution in [-0.2, 0) is 9.53 Å². The fourth-order valence-corrected chi connectivity index (χ4v) is 2.09. The van der Waals surface area contributed by atoms with Crippen molar-refractivity contribution in [2.75, 3.05) is 6.54 Å². The molecule has 0 unspecified atom stereocenters. The van der Waals surface area contributed by atoms with Crippen LogP contribution in [0, 0.1) is 0 Å². The molecular weight excluding hydrogens is 230 g/mol. The zero-order valence-corrected chi connectivity index (χ0v) is 10.5. The van der Waals surface area contributed by atoms with Crippen LogP contribution >= 0.6 is 0 Å². The van der Waals surface area contributed by atoms with Crippen LogP contribution in [0.3, 0.4) is 0 Å². The first-order chi connectivity index (χ1) is 8.70. The Morgan fingerprint density at radius 2 is 2.50 bits per heavy atom. The molecule has 2 rings (SSSR count). The Kier molecular flexibility index (Phi) is 4.28. The summed E-state index contributed by atoms with van der Waals surface area (Å²) in [6.45, 7) is 2.41. The molecule has 0 aromatic carbocycles. The Morgan fingerprint density at radius 3 is 3.11 bits per heavy atom.